The Morgan fingerprint density at radius 1 is 0.818 bits per heavy atom. The summed E-state index contributed by atoms with van der Waals surface area (Å²) in [7, 11) is 3.06. The lowest BCUT2D eigenvalue weighted by atomic mass is 9.85. The van der Waals surface area contributed by atoms with E-state index in [1.54, 1.807) is 7.11 Å². The molecule has 2 aromatic carbocycles. The molecule has 11 heteroatoms. The molecule has 4 rings (SSSR count). The Bertz CT molecular complexity index is 1630. The third-order valence-electron chi connectivity index (χ3n) is 7.52. The van der Waals surface area contributed by atoms with Crippen molar-refractivity contribution in [1.29, 1.82) is 0 Å². The van der Waals surface area contributed by atoms with Crippen LogP contribution in [-0.2, 0) is 17.8 Å². The average Bonchev–Trinajstić information content (AvgIpc) is 3.04. The molecule has 1 atom stereocenters. The monoisotopic (exact) mass is 639 g/mol. The number of hydrogen-bond donors (Lipinski definition) is 4. The molecular formula is C33H35Cl2N3O6. The zero-order chi connectivity index (χ0) is 31.9. The van der Waals surface area contributed by atoms with Crippen LogP contribution in [0.25, 0.3) is 33.6 Å². The lowest BCUT2D eigenvalue weighted by Gasteiger charge is -2.22. The number of methoxy groups -OCH3 is 2. The van der Waals surface area contributed by atoms with Crippen LogP contribution >= 0.6 is 23.2 Å². The summed E-state index contributed by atoms with van der Waals surface area (Å²) in [6.45, 7) is 2.03. The molecule has 0 aliphatic rings. The third kappa shape index (κ3) is 7.14. The predicted molar refractivity (Wildman–Crippen MR) is 171 cm³/mol. The van der Waals surface area contributed by atoms with Crippen molar-refractivity contribution in [2.24, 2.45) is 5.41 Å². The first-order valence-corrected chi connectivity index (χ1v) is 14.7. The molecule has 0 spiro atoms. The van der Waals surface area contributed by atoms with Gasteiger partial charge in [-0.1, -0.05) is 71.7 Å². The Kier molecular flexibility index (Phi) is 11.2. The van der Waals surface area contributed by atoms with Crippen molar-refractivity contribution >= 4 is 29.2 Å². The summed E-state index contributed by atoms with van der Waals surface area (Å²) >= 11 is 14.0. The fourth-order valence-electron chi connectivity index (χ4n) is 4.76. The fourth-order valence-corrected chi connectivity index (χ4v) is 5.41. The highest BCUT2D eigenvalue weighted by atomic mass is 35.5. The maximum absolute atomic E-state index is 11.6. The SMILES string of the molecule is COc1nc(-c2cccc(-c3cccc(-c4ccc(CNCCO)c(OC)n4)c3Cl)c2Cl)ccc1CC[C@@](C)(CO)C(=O)O. The van der Waals surface area contributed by atoms with E-state index in [1.165, 1.54) is 14.0 Å². The molecule has 0 aliphatic carbocycles. The normalized spacial score (nSPS) is 12.5. The molecule has 4 aromatic rings. The van der Waals surface area contributed by atoms with E-state index in [0.717, 1.165) is 11.1 Å². The number of hydrogen-bond acceptors (Lipinski definition) is 8. The van der Waals surface area contributed by atoms with Crippen molar-refractivity contribution in [3.8, 4) is 45.4 Å². The predicted octanol–water partition coefficient (Wildman–Crippen LogP) is 5.90. The number of carboxylic acids is 1. The van der Waals surface area contributed by atoms with Gasteiger partial charge in [0.25, 0.3) is 0 Å². The van der Waals surface area contributed by atoms with Crippen LogP contribution in [0.3, 0.4) is 0 Å². The first-order valence-electron chi connectivity index (χ1n) is 14.0. The molecule has 0 saturated heterocycles. The molecule has 0 radical (unpaired) electrons. The van der Waals surface area contributed by atoms with Crippen LogP contribution in [0, 0.1) is 5.41 Å². The van der Waals surface area contributed by atoms with Gasteiger partial charge in [0.2, 0.25) is 11.8 Å². The Labute approximate surface area is 266 Å². The van der Waals surface area contributed by atoms with E-state index in [1.807, 2.05) is 60.7 Å². The van der Waals surface area contributed by atoms with Gasteiger partial charge in [0.1, 0.15) is 0 Å². The zero-order valence-electron chi connectivity index (χ0n) is 24.7. The third-order valence-corrected chi connectivity index (χ3v) is 8.33. The summed E-state index contributed by atoms with van der Waals surface area (Å²) < 4.78 is 11.1. The molecule has 2 aromatic heterocycles. The highest BCUT2D eigenvalue weighted by Gasteiger charge is 2.32. The Morgan fingerprint density at radius 2 is 1.32 bits per heavy atom. The number of aryl methyl sites for hydroxylation is 1. The number of benzene rings is 2. The number of nitrogens with zero attached hydrogens (tertiary/aromatic N) is 2. The summed E-state index contributed by atoms with van der Waals surface area (Å²) in [5.41, 5.74) is 4.31. The molecule has 0 bridgehead atoms. The zero-order valence-corrected chi connectivity index (χ0v) is 26.2. The van der Waals surface area contributed by atoms with Crippen LogP contribution in [0.1, 0.15) is 24.5 Å². The molecule has 0 aliphatic heterocycles. The standard InChI is InChI=1S/C33H35Cl2N3O6/c1-33(19-40,32(41)42)15-14-20-10-12-26(37-30(20)43-2)24-8-4-6-22(28(24)34)23-7-5-9-25(29(23)35)27-13-11-21(18-36-16-17-39)31(38-27)44-3/h4-13,36,39-40H,14-19H2,1-3H3,(H,41,42)/t33-/m0/s1. The minimum atomic E-state index is -1.27. The topological polar surface area (TPSA) is 134 Å². The van der Waals surface area contributed by atoms with Gasteiger partial charge < -0.3 is 30.1 Å². The van der Waals surface area contributed by atoms with Crippen LogP contribution in [0.4, 0.5) is 0 Å². The van der Waals surface area contributed by atoms with Crippen LogP contribution in [0.5, 0.6) is 11.8 Å². The lowest BCUT2D eigenvalue weighted by Crippen LogP contribution is -2.32. The quantitative estimate of drug-likeness (QED) is 0.124. The highest BCUT2D eigenvalue weighted by molar-refractivity contribution is 6.39. The largest absolute Gasteiger partial charge is 0.481 e. The molecule has 9 nitrogen and oxygen atoms in total. The number of ether oxygens (including phenoxy) is 2. The molecule has 232 valence electrons. The lowest BCUT2D eigenvalue weighted by molar-refractivity contribution is -0.150. The number of aliphatic hydroxyl groups excluding tert-OH is 2. The van der Waals surface area contributed by atoms with Gasteiger partial charge in [-0.3, -0.25) is 4.79 Å². The second-order valence-electron chi connectivity index (χ2n) is 10.5. The second kappa shape index (κ2) is 14.8. The maximum Gasteiger partial charge on any atom is 0.311 e. The summed E-state index contributed by atoms with van der Waals surface area (Å²) in [6, 6.07) is 18.7. The van der Waals surface area contributed by atoms with E-state index in [-0.39, 0.29) is 13.0 Å². The molecule has 0 saturated carbocycles. The molecule has 2 heterocycles. The Balaban J connectivity index is 1.67. The van der Waals surface area contributed by atoms with E-state index in [0.29, 0.717) is 75.0 Å². The fraction of sp³-hybridized carbons (Fsp3) is 0.303. The molecule has 0 unspecified atom stereocenters. The van der Waals surface area contributed by atoms with Gasteiger partial charge in [0.15, 0.2) is 0 Å². The first kappa shape index (κ1) is 33.2. The van der Waals surface area contributed by atoms with E-state index >= 15 is 0 Å². The number of aromatic nitrogens is 2. The van der Waals surface area contributed by atoms with Crippen LogP contribution in [0.2, 0.25) is 10.0 Å². The minimum Gasteiger partial charge on any atom is -0.481 e. The van der Waals surface area contributed by atoms with Gasteiger partial charge >= 0.3 is 5.97 Å². The van der Waals surface area contributed by atoms with Gasteiger partial charge in [-0.15, -0.1) is 0 Å². The van der Waals surface area contributed by atoms with Gasteiger partial charge in [-0.05, 0) is 31.9 Å². The smallest absolute Gasteiger partial charge is 0.311 e. The highest BCUT2D eigenvalue weighted by Crippen LogP contribution is 2.42. The second-order valence-corrected chi connectivity index (χ2v) is 11.2. The van der Waals surface area contributed by atoms with Gasteiger partial charge in [0, 0.05) is 46.5 Å². The minimum absolute atomic E-state index is 0.0362. The van der Waals surface area contributed by atoms with Crippen LogP contribution < -0.4 is 14.8 Å². The van der Waals surface area contributed by atoms with Gasteiger partial charge in [-0.2, -0.15) is 0 Å². The number of pyridine rings is 2. The molecule has 0 amide bonds. The maximum atomic E-state index is 11.6. The Morgan fingerprint density at radius 3 is 1.80 bits per heavy atom. The molecular weight excluding hydrogens is 605 g/mol. The Hall–Kier alpha value is -3.73. The van der Waals surface area contributed by atoms with Crippen molar-refractivity contribution in [2.75, 3.05) is 34.0 Å². The van der Waals surface area contributed by atoms with Gasteiger partial charge in [0.05, 0.1) is 54.3 Å². The number of halogens is 2. The number of carbonyl (C=O) groups is 1. The van der Waals surface area contributed by atoms with E-state index in [4.69, 9.17) is 37.8 Å². The van der Waals surface area contributed by atoms with E-state index in [9.17, 15) is 15.0 Å². The van der Waals surface area contributed by atoms with Crippen LogP contribution in [0.15, 0.2) is 60.7 Å². The summed E-state index contributed by atoms with van der Waals surface area (Å²) in [4.78, 5) is 21.0. The summed E-state index contributed by atoms with van der Waals surface area (Å²) in [6.07, 6.45) is 0.570. The van der Waals surface area contributed by atoms with Crippen molar-refractivity contribution in [3.05, 3.63) is 81.8 Å². The average molecular weight is 641 g/mol. The number of aliphatic hydroxyl groups is 2. The molecule has 0 fully saturated rings. The van der Waals surface area contributed by atoms with Crippen molar-refractivity contribution in [3.63, 3.8) is 0 Å². The molecule has 44 heavy (non-hydrogen) atoms. The number of nitrogens with one attached hydrogen (secondary N) is 1. The van der Waals surface area contributed by atoms with Gasteiger partial charge in [-0.25, -0.2) is 9.97 Å². The van der Waals surface area contributed by atoms with E-state index in [2.05, 4.69) is 15.3 Å². The van der Waals surface area contributed by atoms with Crippen molar-refractivity contribution < 1.29 is 29.6 Å². The van der Waals surface area contributed by atoms with E-state index < -0.39 is 18.0 Å². The number of rotatable bonds is 14. The molecule has 4 N–H and O–H groups in total. The summed E-state index contributed by atoms with van der Waals surface area (Å²) in [5, 5.41) is 32.2. The summed E-state index contributed by atoms with van der Waals surface area (Å²) in [5.74, 6) is -0.250. The number of carboxylic acid groups (broad SMARTS) is 1. The van der Waals surface area contributed by atoms with Crippen molar-refractivity contribution in [2.45, 2.75) is 26.3 Å². The van der Waals surface area contributed by atoms with Crippen LogP contribution in [-0.4, -0.2) is 65.2 Å². The number of aliphatic carboxylic acids is 1. The first-order chi connectivity index (χ1) is 21.2. The van der Waals surface area contributed by atoms with Crippen molar-refractivity contribution in [1.82, 2.24) is 15.3 Å².